The second-order valence-electron chi connectivity index (χ2n) is 5.33. The van der Waals surface area contributed by atoms with Crippen LogP contribution < -0.4 is 16.3 Å². The standard InChI is InChI=1S/C19H20NP/c1-15(20)18-13-8-14-19(18)21(16-9-4-2-5-10-16)17-11-6-3-7-12-17/h2-15,19H,20H2,1H3/t15-,19?/m0/s1. The van der Waals surface area contributed by atoms with Crippen molar-refractivity contribution in [1.82, 2.24) is 0 Å². The van der Waals surface area contributed by atoms with Crippen molar-refractivity contribution in [3.05, 3.63) is 84.5 Å². The lowest BCUT2D eigenvalue weighted by molar-refractivity contribution is 0.845. The van der Waals surface area contributed by atoms with Crippen LogP contribution in [-0.2, 0) is 0 Å². The van der Waals surface area contributed by atoms with Crippen molar-refractivity contribution in [2.45, 2.75) is 18.6 Å². The Morgan fingerprint density at radius 3 is 1.90 bits per heavy atom. The number of allylic oxidation sites excluding steroid dienone is 3. The van der Waals surface area contributed by atoms with Crippen molar-refractivity contribution in [2.24, 2.45) is 5.73 Å². The van der Waals surface area contributed by atoms with Crippen LogP contribution >= 0.6 is 7.92 Å². The van der Waals surface area contributed by atoms with E-state index >= 15 is 0 Å². The first-order valence-electron chi connectivity index (χ1n) is 7.30. The van der Waals surface area contributed by atoms with Gasteiger partial charge in [0.15, 0.2) is 0 Å². The Labute approximate surface area is 127 Å². The van der Waals surface area contributed by atoms with Gasteiger partial charge in [0.05, 0.1) is 0 Å². The molecule has 0 saturated heterocycles. The molecule has 2 aromatic carbocycles. The summed E-state index contributed by atoms with van der Waals surface area (Å²) in [5, 5.41) is 2.81. The zero-order valence-electron chi connectivity index (χ0n) is 12.2. The summed E-state index contributed by atoms with van der Waals surface area (Å²) in [6.45, 7) is 2.08. The van der Waals surface area contributed by atoms with Crippen molar-refractivity contribution in [3.8, 4) is 0 Å². The highest BCUT2D eigenvalue weighted by molar-refractivity contribution is 7.74. The molecule has 2 atom stereocenters. The molecule has 106 valence electrons. The molecule has 2 heteroatoms. The van der Waals surface area contributed by atoms with Gasteiger partial charge in [0, 0.05) is 11.7 Å². The zero-order valence-corrected chi connectivity index (χ0v) is 13.1. The molecule has 1 unspecified atom stereocenters. The van der Waals surface area contributed by atoms with E-state index in [9.17, 15) is 0 Å². The summed E-state index contributed by atoms with van der Waals surface area (Å²) in [7, 11) is -0.459. The Bertz CT molecular complexity index is 604. The van der Waals surface area contributed by atoms with Crippen LogP contribution in [0.5, 0.6) is 0 Å². The number of rotatable bonds is 4. The van der Waals surface area contributed by atoms with Crippen LogP contribution in [-0.4, -0.2) is 11.7 Å². The van der Waals surface area contributed by atoms with Crippen LogP contribution in [0.25, 0.3) is 0 Å². The van der Waals surface area contributed by atoms with E-state index in [0.717, 1.165) is 0 Å². The zero-order chi connectivity index (χ0) is 14.7. The van der Waals surface area contributed by atoms with Gasteiger partial charge in [-0.3, -0.25) is 0 Å². The maximum atomic E-state index is 6.18. The van der Waals surface area contributed by atoms with E-state index in [1.165, 1.54) is 16.2 Å². The van der Waals surface area contributed by atoms with E-state index < -0.39 is 7.92 Å². The summed E-state index contributed by atoms with van der Waals surface area (Å²) in [6, 6.07) is 21.7. The summed E-state index contributed by atoms with van der Waals surface area (Å²) < 4.78 is 0. The van der Waals surface area contributed by atoms with E-state index in [-0.39, 0.29) is 6.04 Å². The lowest BCUT2D eigenvalue weighted by Gasteiger charge is -2.28. The number of hydrogen-bond donors (Lipinski definition) is 1. The third-order valence-corrected chi connectivity index (χ3v) is 6.53. The molecule has 21 heavy (non-hydrogen) atoms. The molecule has 2 aromatic rings. The van der Waals surface area contributed by atoms with E-state index in [1.807, 2.05) is 0 Å². The predicted molar refractivity (Wildman–Crippen MR) is 93.7 cm³/mol. The summed E-state index contributed by atoms with van der Waals surface area (Å²) in [4.78, 5) is 0. The minimum atomic E-state index is -0.459. The van der Waals surface area contributed by atoms with Crippen LogP contribution in [0.15, 0.2) is 84.5 Å². The van der Waals surface area contributed by atoms with Crippen LogP contribution in [0.1, 0.15) is 6.92 Å². The fraction of sp³-hybridized carbons (Fsp3) is 0.158. The van der Waals surface area contributed by atoms with Gasteiger partial charge in [0.1, 0.15) is 0 Å². The summed E-state index contributed by atoms with van der Waals surface area (Å²) >= 11 is 0. The maximum Gasteiger partial charge on any atom is 0.0282 e. The summed E-state index contributed by atoms with van der Waals surface area (Å²) in [5.41, 5.74) is 7.93. The van der Waals surface area contributed by atoms with Crippen molar-refractivity contribution in [2.75, 3.05) is 0 Å². The van der Waals surface area contributed by atoms with Crippen LogP contribution in [0, 0.1) is 0 Å². The monoisotopic (exact) mass is 293 g/mol. The minimum Gasteiger partial charge on any atom is -0.324 e. The molecule has 1 aliphatic rings. The third-order valence-electron chi connectivity index (χ3n) is 3.80. The second-order valence-corrected chi connectivity index (χ2v) is 7.66. The maximum absolute atomic E-state index is 6.18. The van der Waals surface area contributed by atoms with Crippen molar-refractivity contribution in [1.29, 1.82) is 0 Å². The minimum absolute atomic E-state index is 0.0995. The molecular formula is C19H20NP. The first kappa shape index (κ1) is 14.3. The highest BCUT2D eigenvalue weighted by Crippen LogP contribution is 2.45. The molecule has 2 N–H and O–H groups in total. The Morgan fingerprint density at radius 2 is 1.43 bits per heavy atom. The SMILES string of the molecule is C[C@H](N)C1=CC=CC1P(c1ccccc1)c1ccccc1. The molecule has 0 radical (unpaired) electrons. The van der Waals surface area contributed by atoms with Crippen molar-refractivity contribution >= 4 is 18.5 Å². The average molecular weight is 293 g/mol. The van der Waals surface area contributed by atoms with E-state index in [0.29, 0.717) is 5.66 Å². The molecule has 1 nitrogen and oxygen atoms in total. The van der Waals surface area contributed by atoms with Gasteiger partial charge in [-0.1, -0.05) is 78.9 Å². The average Bonchev–Trinajstić information content (AvgIpc) is 2.99. The molecule has 1 aliphatic carbocycles. The Balaban J connectivity index is 2.06. The lowest BCUT2D eigenvalue weighted by atomic mass is 10.1. The van der Waals surface area contributed by atoms with Crippen LogP contribution in [0.4, 0.5) is 0 Å². The second kappa shape index (κ2) is 6.39. The molecule has 0 saturated carbocycles. The molecular weight excluding hydrogens is 273 g/mol. The molecule has 0 spiro atoms. The number of benzene rings is 2. The van der Waals surface area contributed by atoms with Gasteiger partial charge in [-0.15, -0.1) is 0 Å². The predicted octanol–water partition coefficient (Wildman–Crippen LogP) is 3.33. The van der Waals surface area contributed by atoms with Gasteiger partial charge in [-0.05, 0) is 31.0 Å². The fourth-order valence-electron chi connectivity index (χ4n) is 2.79. The number of nitrogens with two attached hydrogens (primary N) is 1. The topological polar surface area (TPSA) is 26.0 Å². The Kier molecular flexibility index (Phi) is 4.34. The quantitative estimate of drug-likeness (QED) is 0.860. The van der Waals surface area contributed by atoms with Crippen molar-refractivity contribution < 1.29 is 0 Å². The molecule has 0 aromatic heterocycles. The van der Waals surface area contributed by atoms with E-state index in [1.54, 1.807) is 0 Å². The Hall–Kier alpha value is -1.69. The summed E-state index contributed by atoms with van der Waals surface area (Å²) in [5.74, 6) is 0. The van der Waals surface area contributed by atoms with Gasteiger partial charge in [-0.25, -0.2) is 0 Å². The highest BCUT2D eigenvalue weighted by atomic mass is 31.1. The number of hydrogen-bond acceptors (Lipinski definition) is 1. The van der Waals surface area contributed by atoms with Crippen LogP contribution in [0.2, 0.25) is 0 Å². The molecule has 0 amide bonds. The molecule has 3 rings (SSSR count). The van der Waals surface area contributed by atoms with Gasteiger partial charge < -0.3 is 5.73 Å². The lowest BCUT2D eigenvalue weighted by Crippen LogP contribution is -2.28. The molecule has 0 fully saturated rings. The third kappa shape index (κ3) is 3.00. The smallest absolute Gasteiger partial charge is 0.0282 e. The van der Waals surface area contributed by atoms with Gasteiger partial charge in [-0.2, -0.15) is 0 Å². The van der Waals surface area contributed by atoms with Gasteiger partial charge in [0.2, 0.25) is 0 Å². The van der Waals surface area contributed by atoms with E-state index in [4.69, 9.17) is 5.73 Å². The van der Waals surface area contributed by atoms with Crippen molar-refractivity contribution in [3.63, 3.8) is 0 Å². The highest BCUT2D eigenvalue weighted by Gasteiger charge is 2.28. The van der Waals surface area contributed by atoms with E-state index in [2.05, 4.69) is 85.8 Å². The Morgan fingerprint density at radius 1 is 0.905 bits per heavy atom. The molecule has 0 heterocycles. The first-order valence-corrected chi connectivity index (χ1v) is 8.71. The van der Waals surface area contributed by atoms with Gasteiger partial charge in [0.25, 0.3) is 0 Å². The van der Waals surface area contributed by atoms with Gasteiger partial charge >= 0.3 is 0 Å². The first-order chi connectivity index (χ1) is 10.3. The fourth-order valence-corrected chi connectivity index (χ4v) is 5.60. The normalized spacial score (nSPS) is 18.8. The largest absolute Gasteiger partial charge is 0.324 e. The summed E-state index contributed by atoms with van der Waals surface area (Å²) in [6.07, 6.45) is 6.66. The molecule has 0 aliphatic heterocycles. The molecule has 0 bridgehead atoms. The van der Waals surface area contributed by atoms with Crippen LogP contribution in [0.3, 0.4) is 0 Å².